The minimum Gasteiger partial charge on any atom is -0.481 e. The molecule has 1 unspecified atom stereocenters. The summed E-state index contributed by atoms with van der Waals surface area (Å²) in [5.41, 5.74) is 0.508. The summed E-state index contributed by atoms with van der Waals surface area (Å²) >= 11 is 0. The van der Waals surface area contributed by atoms with Gasteiger partial charge in [-0.05, 0) is 31.4 Å². The predicted molar refractivity (Wildman–Crippen MR) is 68.4 cm³/mol. The smallest absolute Gasteiger partial charge is 0.305 e. The van der Waals surface area contributed by atoms with Crippen molar-refractivity contribution in [2.45, 2.75) is 31.7 Å². The van der Waals surface area contributed by atoms with Crippen molar-refractivity contribution in [2.24, 2.45) is 0 Å². The highest BCUT2D eigenvalue weighted by Gasteiger charge is 2.27. The van der Waals surface area contributed by atoms with E-state index in [9.17, 15) is 9.18 Å². The molecule has 1 atom stereocenters. The SMILES string of the molecule is N#Cc1c(F)cccc1N1CCCCC1CC(=O)O. The van der Waals surface area contributed by atoms with Crippen LogP contribution in [0.15, 0.2) is 18.2 Å². The largest absolute Gasteiger partial charge is 0.481 e. The lowest BCUT2D eigenvalue weighted by Crippen LogP contribution is -2.41. The van der Waals surface area contributed by atoms with Crippen LogP contribution in [0.2, 0.25) is 0 Å². The summed E-state index contributed by atoms with van der Waals surface area (Å²) in [4.78, 5) is 12.8. The summed E-state index contributed by atoms with van der Waals surface area (Å²) in [6.45, 7) is 0.663. The van der Waals surface area contributed by atoms with E-state index in [1.54, 1.807) is 12.1 Å². The van der Waals surface area contributed by atoms with Gasteiger partial charge < -0.3 is 10.0 Å². The van der Waals surface area contributed by atoms with Crippen LogP contribution in [-0.4, -0.2) is 23.7 Å². The van der Waals surface area contributed by atoms with Crippen molar-refractivity contribution in [1.82, 2.24) is 0 Å². The number of benzene rings is 1. The lowest BCUT2D eigenvalue weighted by molar-refractivity contribution is -0.137. The third-order valence-electron chi connectivity index (χ3n) is 3.45. The summed E-state index contributed by atoms with van der Waals surface area (Å²) in [6.07, 6.45) is 2.66. The summed E-state index contributed by atoms with van der Waals surface area (Å²) in [5, 5.41) is 18.0. The number of carboxylic acids is 1. The van der Waals surface area contributed by atoms with E-state index in [-0.39, 0.29) is 18.0 Å². The molecular weight excluding hydrogens is 247 g/mol. The highest BCUT2D eigenvalue weighted by atomic mass is 19.1. The van der Waals surface area contributed by atoms with Crippen LogP contribution in [0.1, 0.15) is 31.2 Å². The molecule has 1 aromatic rings. The number of hydrogen-bond donors (Lipinski definition) is 1. The average molecular weight is 262 g/mol. The summed E-state index contributed by atoms with van der Waals surface area (Å²) in [7, 11) is 0. The van der Waals surface area contributed by atoms with Crippen LogP contribution in [0.5, 0.6) is 0 Å². The van der Waals surface area contributed by atoms with E-state index < -0.39 is 11.8 Å². The molecule has 0 spiro atoms. The van der Waals surface area contributed by atoms with E-state index in [0.717, 1.165) is 19.3 Å². The second-order valence-corrected chi connectivity index (χ2v) is 4.69. The van der Waals surface area contributed by atoms with Gasteiger partial charge in [-0.25, -0.2) is 4.39 Å². The minimum absolute atomic E-state index is 0.000196. The molecule has 0 amide bonds. The third-order valence-corrected chi connectivity index (χ3v) is 3.45. The zero-order valence-corrected chi connectivity index (χ0v) is 10.5. The Hall–Kier alpha value is -2.09. The van der Waals surface area contributed by atoms with E-state index >= 15 is 0 Å². The average Bonchev–Trinajstić information content (AvgIpc) is 2.38. The fourth-order valence-corrected chi connectivity index (χ4v) is 2.59. The number of anilines is 1. The van der Waals surface area contributed by atoms with Gasteiger partial charge in [0.1, 0.15) is 17.4 Å². The van der Waals surface area contributed by atoms with Crippen LogP contribution in [0, 0.1) is 17.1 Å². The normalized spacial score (nSPS) is 18.9. The molecule has 4 nitrogen and oxygen atoms in total. The van der Waals surface area contributed by atoms with Gasteiger partial charge in [-0.15, -0.1) is 0 Å². The maximum absolute atomic E-state index is 13.6. The van der Waals surface area contributed by atoms with Gasteiger partial charge in [0.2, 0.25) is 0 Å². The number of hydrogen-bond acceptors (Lipinski definition) is 3. The van der Waals surface area contributed by atoms with Crippen molar-refractivity contribution in [1.29, 1.82) is 5.26 Å². The van der Waals surface area contributed by atoms with Crippen molar-refractivity contribution < 1.29 is 14.3 Å². The number of halogens is 1. The Morgan fingerprint density at radius 2 is 2.32 bits per heavy atom. The molecule has 100 valence electrons. The Labute approximate surface area is 111 Å². The van der Waals surface area contributed by atoms with Gasteiger partial charge in [-0.1, -0.05) is 6.07 Å². The Morgan fingerprint density at radius 1 is 1.53 bits per heavy atom. The summed E-state index contributed by atoms with van der Waals surface area (Å²) in [6, 6.07) is 6.19. The molecule has 2 rings (SSSR count). The first-order valence-electron chi connectivity index (χ1n) is 6.30. The molecule has 1 aliphatic heterocycles. The fourth-order valence-electron chi connectivity index (χ4n) is 2.59. The second-order valence-electron chi connectivity index (χ2n) is 4.69. The van der Waals surface area contributed by atoms with Crippen molar-refractivity contribution in [3.8, 4) is 6.07 Å². The van der Waals surface area contributed by atoms with Crippen molar-refractivity contribution in [2.75, 3.05) is 11.4 Å². The number of nitrogens with zero attached hydrogens (tertiary/aromatic N) is 2. The molecule has 0 radical (unpaired) electrons. The van der Waals surface area contributed by atoms with Gasteiger partial charge in [0.05, 0.1) is 12.1 Å². The first-order chi connectivity index (χ1) is 9.13. The van der Waals surface area contributed by atoms with Crippen molar-refractivity contribution >= 4 is 11.7 Å². The first-order valence-corrected chi connectivity index (χ1v) is 6.30. The molecule has 1 saturated heterocycles. The van der Waals surface area contributed by atoms with E-state index in [4.69, 9.17) is 10.4 Å². The van der Waals surface area contributed by atoms with Gasteiger partial charge >= 0.3 is 5.97 Å². The minimum atomic E-state index is -0.869. The molecular formula is C14H15FN2O2. The topological polar surface area (TPSA) is 64.3 Å². The fraction of sp³-hybridized carbons (Fsp3) is 0.429. The maximum atomic E-state index is 13.6. The van der Waals surface area contributed by atoms with Gasteiger partial charge in [-0.3, -0.25) is 4.79 Å². The van der Waals surface area contributed by atoms with Crippen LogP contribution >= 0.6 is 0 Å². The van der Waals surface area contributed by atoms with Crippen LogP contribution in [0.3, 0.4) is 0 Å². The molecule has 19 heavy (non-hydrogen) atoms. The second kappa shape index (κ2) is 5.70. The van der Waals surface area contributed by atoms with E-state index in [1.165, 1.54) is 6.07 Å². The third kappa shape index (κ3) is 2.84. The van der Waals surface area contributed by atoms with E-state index in [1.807, 2.05) is 11.0 Å². The number of aliphatic carboxylic acids is 1. The molecule has 1 aromatic carbocycles. The molecule has 1 fully saturated rings. The molecule has 1 aliphatic rings. The molecule has 0 saturated carbocycles. The lowest BCUT2D eigenvalue weighted by atomic mass is 9.97. The van der Waals surface area contributed by atoms with E-state index in [0.29, 0.717) is 12.2 Å². The number of nitriles is 1. The van der Waals surface area contributed by atoms with Crippen LogP contribution in [0.25, 0.3) is 0 Å². The molecule has 0 aliphatic carbocycles. The summed E-state index contributed by atoms with van der Waals surface area (Å²) in [5.74, 6) is -1.42. The van der Waals surface area contributed by atoms with Crippen molar-refractivity contribution in [3.05, 3.63) is 29.6 Å². The zero-order valence-electron chi connectivity index (χ0n) is 10.5. The van der Waals surface area contributed by atoms with Gasteiger partial charge in [-0.2, -0.15) is 5.26 Å². The number of piperidine rings is 1. The van der Waals surface area contributed by atoms with Crippen molar-refractivity contribution in [3.63, 3.8) is 0 Å². The maximum Gasteiger partial charge on any atom is 0.305 e. The van der Waals surface area contributed by atoms with Gasteiger partial charge in [0.25, 0.3) is 0 Å². The Kier molecular flexibility index (Phi) is 4.00. The highest BCUT2D eigenvalue weighted by molar-refractivity contribution is 5.69. The quantitative estimate of drug-likeness (QED) is 0.909. The number of rotatable bonds is 3. The van der Waals surface area contributed by atoms with Gasteiger partial charge in [0.15, 0.2) is 0 Å². The standard InChI is InChI=1S/C14H15FN2O2/c15-12-5-3-6-13(11(12)9-16)17-7-2-1-4-10(17)8-14(18)19/h3,5-6,10H,1-2,4,7-8H2,(H,18,19). The Morgan fingerprint density at radius 3 is 3.00 bits per heavy atom. The highest BCUT2D eigenvalue weighted by Crippen LogP contribution is 2.30. The van der Waals surface area contributed by atoms with Gasteiger partial charge in [0, 0.05) is 12.6 Å². The Balaban J connectivity index is 2.35. The molecule has 1 N–H and O–H groups in total. The summed E-state index contributed by atoms with van der Waals surface area (Å²) < 4.78 is 13.6. The van der Waals surface area contributed by atoms with E-state index in [2.05, 4.69) is 0 Å². The predicted octanol–water partition coefficient (Wildman–Crippen LogP) is 2.53. The van der Waals surface area contributed by atoms with Crippen LogP contribution in [-0.2, 0) is 4.79 Å². The molecule has 5 heteroatoms. The zero-order chi connectivity index (χ0) is 13.8. The molecule has 0 aromatic heterocycles. The molecule has 0 bridgehead atoms. The molecule has 1 heterocycles. The van der Waals surface area contributed by atoms with Crippen LogP contribution in [0.4, 0.5) is 10.1 Å². The monoisotopic (exact) mass is 262 g/mol. The number of carboxylic acid groups (broad SMARTS) is 1. The van der Waals surface area contributed by atoms with Crippen LogP contribution < -0.4 is 4.90 Å². The first kappa shape index (κ1) is 13.3. The lowest BCUT2D eigenvalue weighted by Gasteiger charge is -2.37. The number of carbonyl (C=O) groups is 1. The Bertz CT molecular complexity index is 525.